The summed E-state index contributed by atoms with van der Waals surface area (Å²) in [5, 5.41) is 2.92. The first-order valence-electron chi connectivity index (χ1n) is 6.74. The number of hydrogen-bond acceptors (Lipinski definition) is 2. The van der Waals surface area contributed by atoms with Gasteiger partial charge in [-0.3, -0.25) is 4.98 Å². The Bertz CT molecular complexity index is 406. The van der Waals surface area contributed by atoms with Crippen molar-refractivity contribution in [2.45, 2.75) is 40.7 Å². The molecule has 4 nitrogen and oxygen atoms in total. The van der Waals surface area contributed by atoms with E-state index in [9.17, 15) is 4.79 Å². The molecule has 0 aliphatic heterocycles. The van der Waals surface area contributed by atoms with E-state index < -0.39 is 0 Å². The molecule has 0 aliphatic rings. The number of amides is 2. The highest BCUT2D eigenvalue weighted by Crippen LogP contribution is 2.10. The first kappa shape index (κ1) is 15.5. The van der Waals surface area contributed by atoms with Crippen LogP contribution in [0.4, 0.5) is 4.79 Å². The fourth-order valence-electron chi connectivity index (χ4n) is 1.55. The summed E-state index contributed by atoms with van der Waals surface area (Å²) in [7, 11) is 1.79. The summed E-state index contributed by atoms with van der Waals surface area (Å²) in [5.74, 6) is 0. The number of hydrogen-bond donors (Lipinski definition) is 1. The minimum Gasteiger partial charge on any atom is -0.337 e. The summed E-state index contributed by atoms with van der Waals surface area (Å²) in [4.78, 5) is 17.9. The maximum atomic E-state index is 11.9. The first-order valence-corrected chi connectivity index (χ1v) is 6.74. The van der Waals surface area contributed by atoms with Crippen LogP contribution in [0.25, 0.3) is 0 Å². The van der Waals surface area contributed by atoms with Gasteiger partial charge in [0.1, 0.15) is 0 Å². The van der Waals surface area contributed by atoms with Crippen molar-refractivity contribution >= 4 is 6.03 Å². The van der Waals surface area contributed by atoms with Crippen LogP contribution in [0.2, 0.25) is 0 Å². The second-order valence-corrected chi connectivity index (χ2v) is 6.09. The van der Waals surface area contributed by atoms with Gasteiger partial charge in [0.15, 0.2) is 0 Å². The Hall–Kier alpha value is -1.58. The Labute approximate surface area is 116 Å². The Morgan fingerprint density at radius 1 is 1.37 bits per heavy atom. The van der Waals surface area contributed by atoms with E-state index in [1.54, 1.807) is 11.9 Å². The molecule has 0 unspecified atom stereocenters. The van der Waals surface area contributed by atoms with Gasteiger partial charge < -0.3 is 10.2 Å². The number of aromatic nitrogens is 1. The SMILES string of the molecule is CCc1ccc(CN(C)C(=O)NCC(C)(C)C)nc1. The lowest BCUT2D eigenvalue weighted by Gasteiger charge is -2.22. The summed E-state index contributed by atoms with van der Waals surface area (Å²) in [6.07, 6.45) is 2.85. The highest BCUT2D eigenvalue weighted by molar-refractivity contribution is 5.73. The lowest BCUT2D eigenvalue weighted by molar-refractivity contribution is 0.201. The zero-order valence-corrected chi connectivity index (χ0v) is 12.7. The van der Waals surface area contributed by atoms with E-state index in [1.807, 2.05) is 12.3 Å². The second-order valence-electron chi connectivity index (χ2n) is 6.09. The molecular weight excluding hydrogens is 238 g/mol. The van der Waals surface area contributed by atoms with Gasteiger partial charge in [0, 0.05) is 19.8 Å². The van der Waals surface area contributed by atoms with Crippen LogP contribution in [-0.4, -0.2) is 29.5 Å². The van der Waals surface area contributed by atoms with Gasteiger partial charge in [-0.15, -0.1) is 0 Å². The minimum atomic E-state index is -0.0590. The first-order chi connectivity index (χ1) is 8.81. The number of aryl methyl sites for hydroxylation is 1. The molecule has 1 rings (SSSR count). The van der Waals surface area contributed by atoms with E-state index in [0.29, 0.717) is 13.1 Å². The van der Waals surface area contributed by atoms with Gasteiger partial charge in [0.2, 0.25) is 0 Å². The Balaban J connectivity index is 2.49. The predicted molar refractivity (Wildman–Crippen MR) is 77.9 cm³/mol. The molecule has 0 bridgehead atoms. The summed E-state index contributed by atoms with van der Waals surface area (Å²) in [6, 6.07) is 3.98. The summed E-state index contributed by atoms with van der Waals surface area (Å²) < 4.78 is 0. The molecule has 19 heavy (non-hydrogen) atoms. The summed E-state index contributed by atoms with van der Waals surface area (Å²) in [6.45, 7) is 9.58. The molecule has 0 aliphatic carbocycles. The largest absolute Gasteiger partial charge is 0.337 e. The Kier molecular flexibility index (Phi) is 5.33. The molecule has 4 heteroatoms. The molecular formula is C15H25N3O. The molecule has 1 aromatic heterocycles. The van der Waals surface area contributed by atoms with Crippen molar-refractivity contribution in [2.24, 2.45) is 5.41 Å². The molecule has 0 aromatic carbocycles. The van der Waals surface area contributed by atoms with Gasteiger partial charge in [-0.1, -0.05) is 33.8 Å². The molecule has 1 aromatic rings. The standard InChI is InChI=1S/C15H25N3O/c1-6-12-7-8-13(16-9-12)10-18(5)14(19)17-11-15(2,3)4/h7-9H,6,10-11H2,1-5H3,(H,17,19). The number of nitrogens with zero attached hydrogens (tertiary/aromatic N) is 2. The van der Waals surface area contributed by atoms with Gasteiger partial charge in [-0.2, -0.15) is 0 Å². The molecule has 0 fully saturated rings. The molecule has 106 valence electrons. The number of rotatable bonds is 4. The average molecular weight is 263 g/mol. The van der Waals surface area contributed by atoms with E-state index in [0.717, 1.165) is 12.1 Å². The third kappa shape index (κ3) is 5.73. The van der Waals surface area contributed by atoms with Gasteiger partial charge in [0.05, 0.1) is 12.2 Å². The lowest BCUT2D eigenvalue weighted by atomic mass is 9.97. The van der Waals surface area contributed by atoms with Crippen molar-refractivity contribution in [2.75, 3.05) is 13.6 Å². The molecule has 0 radical (unpaired) electrons. The predicted octanol–water partition coefficient (Wildman–Crippen LogP) is 2.83. The maximum Gasteiger partial charge on any atom is 0.317 e. The van der Waals surface area contributed by atoms with E-state index >= 15 is 0 Å². The second kappa shape index (κ2) is 6.55. The van der Waals surface area contributed by atoms with E-state index in [-0.39, 0.29) is 11.4 Å². The quantitative estimate of drug-likeness (QED) is 0.908. The lowest BCUT2D eigenvalue weighted by Crippen LogP contribution is -2.40. The van der Waals surface area contributed by atoms with Crippen LogP contribution in [-0.2, 0) is 13.0 Å². The van der Waals surface area contributed by atoms with Crippen molar-refractivity contribution in [1.29, 1.82) is 0 Å². The van der Waals surface area contributed by atoms with Crippen molar-refractivity contribution in [3.05, 3.63) is 29.6 Å². The highest BCUT2D eigenvalue weighted by Gasteiger charge is 2.14. The monoisotopic (exact) mass is 263 g/mol. The zero-order valence-electron chi connectivity index (χ0n) is 12.7. The minimum absolute atomic E-state index is 0.0590. The Morgan fingerprint density at radius 2 is 2.05 bits per heavy atom. The van der Waals surface area contributed by atoms with Crippen LogP contribution in [0.5, 0.6) is 0 Å². The number of carbonyl (C=O) groups is 1. The number of urea groups is 1. The topological polar surface area (TPSA) is 45.2 Å². The molecule has 2 amide bonds. The van der Waals surface area contributed by atoms with Gasteiger partial charge in [-0.05, 0) is 23.5 Å². The van der Waals surface area contributed by atoms with E-state index in [2.05, 4.69) is 44.1 Å². The van der Waals surface area contributed by atoms with Crippen molar-refractivity contribution in [3.63, 3.8) is 0 Å². The van der Waals surface area contributed by atoms with Gasteiger partial charge in [-0.25, -0.2) is 4.79 Å². The van der Waals surface area contributed by atoms with E-state index in [1.165, 1.54) is 5.56 Å². The zero-order chi connectivity index (χ0) is 14.5. The van der Waals surface area contributed by atoms with E-state index in [4.69, 9.17) is 0 Å². The van der Waals surface area contributed by atoms with Crippen molar-refractivity contribution in [1.82, 2.24) is 15.2 Å². The molecule has 0 saturated heterocycles. The molecule has 1 N–H and O–H groups in total. The fourth-order valence-corrected chi connectivity index (χ4v) is 1.55. The summed E-state index contributed by atoms with van der Waals surface area (Å²) in [5.41, 5.74) is 2.21. The van der Waals surface area contributed by atoms with Crippen LogP contribution < -0.4 is 5.32 Å². The summed E-state index contributed by atoms with van der Waals surface area (Å²) >= 11 is 0. The third-order valence-electron chi connectivity index (χ3n) is 2.81. The fraction of sp³-hybridized carbons (Fsp3) is 0.600. The van der Waals surface area contributed by atoms with Crippen LogP contribution in [0.1, 0.15) is 39.0 Å². The number of carbonyl (C=O) groups excluding carboxylic acids is 1. The molecule has 1 heterocycles. The third-order valence-corrected chi connectivity index (χ3v) is 2.81. The molecule has 0 saturated carbocycles. The van der Waals surface area contributed by atoms with Gasteiger partial charge >= 0.3 is 6.03 Å². The maximum absolute atomic E-state index is 11.9. The number of pyridine rings is 1. The van der Waals surface area contributed by atoms with Crippen LogP contribution >= 0.6 is 0 Å². The van der Waals surface area contributed by atoms with Crippen LogP contribution in [0, 0.1) is 5.41 Å². The van der Waals surface area contributed by atoms with Crippen molar-refractivity contribution in [3.8, 4) is 0 Å². The number of nitrogens with one attached hydrogen (secondary N) is 1. The normalized spacial score (nSPS) is 11.2. The Morgan fingerprint density at radius 3 is 2.53 bits per heavy atom. The van der Waals surface area contributed by atoms with Crippen LogP contribution in [0.15, 0.2) is 18.3 Å². The molecule has 0 spiro atoms. The highest BCUT2D eigenvalue weighted by atomic mass is 16.2. The van der Waals surface area contributed by atoms with Crippen LogP contribution in [0.3, 0.4) is 0 Å². The smallest absolute Gasteiger partial charge is 0.317 e. The molecule has 0 atom stereocenters. The average Bonchev–Trinajstić information content (AvgIpc) is 2.36. The van der Waals surface area contributed by atoms with Crippen molar-refractivity contribution < 1.29 is 4.79 Å². The van der Waals surface area contributed by atoms with Gasteiger partial charge in [0.25, 0.3) is 0 Å².